The minimum absolute atomic E-state index is 0.0499. The van der Waals surface area contributed by atoms with E-state index in [0.717, 1.165) is 5.69 Å². The van der Waals surface area contributed by atoms with Gasteiger partial charge in [0, 0.05) is 17.4 Å². The van der Waals surface area contributed by atoms with Crippen LogP contribution in [0.5, 0.6) is 0 Å². The highest BCUT2D eigenvalue weighted by Crippen LogP contribution is 2.17. The zero-order valence-corrected chi connectivity index (χ0v) is 8.47. The molecule has 1 aromatic heterocycles. The molecular formula is C11H11N3O2. The maximum atomic E-state index is 10.6. The number of hydrogen-bond donors (Lipinski definition) is 3. The molecule has 1 heterocycles. The normalized spacial score (nSPS) is 10.0. The number of para-hydroxylation sites is 1. The van der Waals surface area contributed by atoms with Gasteiger partial charge in [0.2, 0.25) is 0 Å². The number of carboxylic acids is 1. The van der Waals surface area contributed by atoms with Crippen molar-refractivity contribution in [1.29, 1.82) is 0 Å². The third kappa shape index (κ3) is 2.38. The minimum Gasteiger partial charge on any atom is -0.481 e. The SMILES string of the molecule is O=C(O)Cc1c[nH]nc1Nc1ccccc1. The Hall–Kier alpha value is -2.30. The number of carboxylic acid groups (broad SMARTS) is 1. The van der Waals surface area contributed by atoms with Gasteiger partial charge in [-0.1, -0.05) is 18.2 Å². The molecule has 2 aromatic rings. The number of nitrogens with one attached hydrogen (secondary N) is 2. The molecule has 0 saturated heterocycles. The predicted molar refractivity (Wildman–Crippen MR) is 59.7 cm³/mol. The lowest BCUT2D eigenvalue weighted by Gasteiger charge is -2.03. The van der Waals surface area contributed by atoms with E-state index in [1.807, 2.05) is 30.3 Å². The van der Waals surface area contributed by atoms with Crippen molar-refractivity contribution >= 4 is 17.5 Å². The van der Waals surface area contributed by atoms with E-state index >= 15 is 0 Å². The van der Waals surface area contributed by atoms with Crippen LogP contribution in [0.2, 0.25) is 0 Å². The molecule has 0 aliphatic rings. The summed E-state index contributed by atoms with van der Waals surface area (Å²) in [5.41, 5.74) is 1.51. The third-order valence-corrected chi connectivity index (χ3v) is 2.10. The number of aromatic nitrogens is 2. The van der Waals surface area contributed by atoms with E-state index in [1.54, 1.807) is 6.20 Å². The smallest absolute Gasteiger partial charge is 0.308 e. The van der Waals surface area contributed by atoms with Crippen LogP contribution in [0.3, 0.4) is 0 Å². The molecule has 0 unspecified atom stereocenters. The summed E-state index contributed by atoms with van der Waals surface area (Å²) >= 11 is 0. The second-order valence-electron chi connectivity index (χ2n) is 3.32. The van der Waals surface area contributed by atoms with Gasteiger partial charge in [-0.25, -0.2) is 0 Å². The number of H-pyrrole nitrogens is 1. The summed E-state index contributed by atoms with van der Waals surface area (Å²) in [5.74, 6) is -0.328. The summed E-state index contributed by atoms with van der Waals surface area (Å²) in [6.45, 7) is 0. The van der Waals surface area contributed by atoms with Crippen molar-refractivity contribution in [2.24, 2.45) is 0 Å². The third-order valence-electron chi connectivity index (χ3n) is 2.10. The average Bonchev–Trinajstić information content (AvgIpc) is 2.66. The van der Waals surface area contributed by atoms with Gasteiger partial charge in [-0.05, 0) is 12.1 Å². The quantitative estimate of drug-likeness (QED) is 0.729. The fourth-order valence-electron chi connectivity index (χ4n) is 1.38. The van der Waals surface area contributed by atoms with Gasteiger partial charge in [-0.2, -0.15) is 5.10 Å². The zero-order valence-electron chi connectivity index (χ0n) is 8.47. The molecule has 0 atom stereocenters. The van der Waals surface area contributed by atoms with Crippen LogP contribution in [0.25, 0.3) is 0 Å². The van der Waals surface area contributed by atoms with Gasteiger partial charge in [0.25, 0.3) is 0 Å². The van der Waals surface area contributed by atoms with E-state index in [4.69, 9.17) is 5.11 Å². The van der Waals surface area contributed by atoms with Crippen LogP contribution in [-0.2, 0) is 11.2 Å². The lowest BCUT2D eigenvalue weighted by Crippen LogP contribution is -2.02. The van der Waals surface area contributed by atoms with Crippen LogP contribution in [0, 0.1) is 0 Å². The van der Waals surface area contributed by atoms with Crippen LogP contribution in [0.15, 0.2) is 36.5 Å². The van der Waals surface area contributed by atoms with Crippen LogP contribution < -0.4 is 5.32 Å². The van der Waals surface area contributed by atoms with E-state index in [-0.39, 0.29) is 6.42 Å². The summed E-state index contributed by atoms with van der Waals surface area (Å²) in [5, 5.41) is 18.4. The first-order valence-corrected chi connectivity index (χ1v) is 4.82. The van der Waals surface area contributed by atoms with Crippen molar-refractivity contribution in [1.82, 2.24) is 10.2 Å². The number of aliphatic carboxylic acids is 1. The molecule has 5 nitrogen and oxygen atoms in total. The summed E-state index contributed by atoms with van der Waals surface area (Å²) in [6, 6.07) is 9.48. The second kappa shape index (κ2) is 4.48. The molecular weight excluding hydrogens is 206 g/mol. The molecule has 0 radical (unpaired) electrons. The Morgan fingerprint density at radius 3 is 2.81 bits per heavy atom. The molecule has 16 heavy (non-hydrogen) atoms. The average molecular weight is 217 g/mol. The Morgan fingerprint density at radius 2 is 2.12 bits per heavy atom. The lowest BCUT2D eigenvalue weighted by molar-refractivity contribution is -0.136. The lowest BCUT2D eigenvalue weighted by atomic mass is 10.2. The molecule has 0 aliphatic carbocycles. The van der Waals surface area contributed by atoms with Crippen LogP contribution >= 0.6 is 0 Å². The number of carbonyl (C=O) groups is 1. The summed E-state index contributed by atoms with van der Waals surface area (Å²) in [7, 11) is 0. The highest BCUT2D eigenvalue weighted by Gasteiger charge is 2.09. The molecule has 0 amide bonds. The molecule has 2 rings (SSSR count). The standard InChI is InChI=1S/C11H11N3O2/c15-10(16)6-8-7-12-14-11(8)13-9-4-2-1-3-5-9/h1-5,7H,6H2,(H,15,16)(H2,12,13,14). The number of benzene rings is 1. The van der Waals surface area contributed by atoms with Crippen molar-refractivity contribution in [3.8, 4) is 0 Å². The Balaban J connectivity index is 2.16. The maximum Gasteiger partial charge on any atom is 0.308 e. The van der Waals surface area contributed by atoms with Crippen molar-refractivity contribution < 1.29 is 9.90 Å². The maximum absolute atomic E-state index is 10.6. The second-order valence-corrected chi connectivity index (χ2v) is 3.32. The highest BCUT2D eigenvalue weighted by atomic mass is 16.4. The van der Waals surface area contributed by atoms with E-state index in [1.165, 1.54) is 0 Å². The Labute approximate surface area is 92.1 Å². The van der Waals surface area contributed by atoms with Gasteiger partial charge >= 0.3 is 5.97 Å². The molecule has 5 heteroatoms. The van der Waals surface area contributed by atoms with Gasteiger partial charge in [-0.3, -0.25) is 9.89 Å². The van der Waals surface area contributed by atoms with Crippen molar-refractivity contribution in [2.75, 3.05) is 5.32 Å². The summed E-state index contributed by atoms with van der Waals surface area (Å²) < 4.78 is 0. The van der Waals surface area contributed by atoms with E-state index in [9.17, 15) is 4.79 Å². The highest BCUT2D eigenvalue weighted by molar-refractivity contribution is 5.73. The largest absolute Gasteiger partial charge is 0.481 e. The molecule has 82 valence electrons. The molecule has 0 saturated carbocycles. The first-order valence-electron chi connectivity index (χ1n) is 4.82. The zero-order chi connectivity index (χ0) is 11.4. The number of hydrogen-bond acceptors (Lipinski definition) is 3. The first-order chi connectivity index (χ1) is 7.75. The molecule has 0 bridgehead atoms. The number of rotatable bonds is 4. The molecule has 3 N–H and O–H groups in total. The number of nitrogens with zero attached hydrogens (tertiary/aromatic N) is 1. The number of anilines is 2. The number of aromatic amines is 1. The fourth-order valence-corrected chi connectivity index (χ4v) is 1.38. The van der Waals surface area contributed by atoms with Crippen LogP contribution in [-0.4, -0.2) is 21.3 Å². The monoisotopic (exact) mass is 217 g/mol. The predicted octanol–water partition coefficient (Wildman–Crippen LogP) is 1.78. The molecule has 0 spiro atoms. The van der Waals surface area contributed by atoms with E-state index < -0.39 is 5.97 Å². The first kappa shape index (κ1) is 10.2. The van der Waals surface area contributed by atoms with Crippen molar-refractivity contribution in [3.05, 3.63) is 42.1 Å². The van der Waals surface area contributed by atoms with Crippen LogP contribution in [0.4, 0.5) is 11.5 Å². The van der Waals surface area contributed by atoms with Gasteiger partial charge in [0.1, 0.15) is 0 Å². The molecule has 0 aliphatic heterocycles. The topological polar surface area (TPSA) is 78.0 Å². The Bertz CT molecular complexity index is 479. The van der Waals surface area contributed by atoms with Crippen molar-refractivity contribution in [2.45, 2.75) is 6.42 Å². The van der Waals surface area contributed by atoms with E-state index in [0.29, 0.717) is 11.4 Å². The van der Waals surface area contributed by atoms with Crippen molar-refractivity contribution in [3.63, 3.8) is 0 Å². The van der Waals surface area contributed by atoms with Gasteiger partial charge in [0.05, 0.1) is 6.42 Å². The van der Waals surface area contributed by atoms with Gasteiger partial charge in [0.15, 0.2) is 5.82 Å². The summed E-state index contributed by atoms with van der Waals surface area (Å²) in [4.78, 5) is 10.6. The fraction of sp³-hybridized carbons (Fsp3) is 0.0909. The van der Waals surface area contributed by atoms with Crippen LogP contribution in [0.1, 0.15) is 5.56 Å². The molecule has 1 aromatic carbocycles. The van der Waals surface area contributed by atoms with Gasteiger partial charge in [-0.15, -0.1) is 0 Å². The molecule has 0 fully saturated rings. The Morgan fingerprint density at radius 1 is 1.38 bits per heavy atom. The van der Waals surface area contributed by atoms with E-state index in [2.05, 4.69) is 15.5 Å². The van der Waals surface area contributed by atoms with Gasteiger partial charge < -0.3 is 10.4 Å². The summed E-state index contributed by atoms with van der Waals surface area (Å²) in [6.07, 6.45) is 1.53. The Kier molecular flexibility index (Phi) is 2.86. The minimum atomic E-state index is -0.877.